The number of nitrogens with one attached hydrogen (secondary N) is 1. The van der Waals surface area contributed by atoms with Crippen LogP contribution >= 0.6 is 0 Å². The molecule has 0 amide bonds. The lowest BCUT2D eigenvalue weighted by atomic mass is 9.85. The van der Waals surface area contributed by atoms with Crippen molar-refractivity contribution in [1.29, 1.82) is 0 Å². The van der Waals surface area contributed by atoms with Crippen molar-refractivity contribution in [2.45, 2.75) is 53.1 Å². The van der Waals surface area contributed by atoms with Gasteiger partial charge in [-0.05, 0) is 55.8 Å². The zero-order valence-electron chi connectivity index (χ0n) is 13.5. The highest BCUT2D eigenvalue weighted by Gasteiger charge is 2.28. The van der Waals surface area contributed by atoms with E-state index in [0.29, 0.717) is 6.04 Å². The molecule has 0 radical (unpaired) electrons. The van der Waals surface area contributed by atoms with Gasteiger partial charge in [-0.3, -0.25) is 0 Å². The molecule has 1 saturated heterocycles. The van der Waals surface area contributed by atoms with Crippen LogP contribution in [0.2, 0.25) is 0 Å². The van der Waals surface area contributed by atoms with E-state index in [1.807, 2.05) is 0 Å². The lowest BCUT2D eigenvalue weighted by Gasteiger charge is -2.42. The number of hydrogen-bond donors (Lipinski definition) is 1. The van der Waals surface area contributed by atoms with Crippen LogP contribution in [0.5, 0.6) is 0 Å². The standard InChI is InChI=1S/C18H30N2/c1-5-10-19-12-17-6-8-18(9-7-17)20-13-14(2)11-15(3)16(20)4/h6-9,14-16,19H,5,10-13H2,1-4H3. The Bertz CT molecular complexity index is 398. The number of hydrogen-bond acceptors (Lipinski definition) is 2. The number of anilines is 1. The highest BCUT2D eigenvalue weighted by molar-refractivity contribution is 5.49. The first-order valence-corrected chi connectivity index (χ1v) is 8.18. The Morgan fingerprint density at radius 2 is 1.85 bits per heavy atom. The van der Waals surface area contributed by atoms with E-state index < -0.39 is 0 Å². The maximum Gasteiger partial charge on any atom is 0.0368 e. The number of piperidine rings is 1. The maximum absolute atomic E-state index is 3.46. The zero-order chi connectivity index (χ0) is 14.5. The van der Waals surface area contributed by atoms with Gasteiger partial charge in [0, 0.05) is 24.8 Å². The quantitative estimate of drug-likeness (QED) is 0.815. The van der Waals surface area contributed by atoms with Crippen LogP contribution in [0.15, 0.2) is 24.3 Å². The number of rotatable bonds is 5. The minimum Gasteiger partial charge on any atom is -0.368 e. The third-order valence-electron chi connectivity index (χ3n) is 4.62. The van der Waals surface area contributed by atoms with Gasteiger partial charge in [0.15, 0.2) is 0 Å². The van der Waals surface area contributed by atoms with Crippen LogP contribution in [0.1, 0.15) is 46.1 Å². The zero-order valence-corrected chi connectivity index (χ0v) is 13.5. The lowest BCUT2D eigenvalue weighted by molar-refractivity contribution is 0.297. The fourth-order valence-electron chi connectivity index (χ4n) is 3.27. The van der Waals surface area contributed by atoms with Gasteiger partial charge >= 0.3 is 0 Å². The van der Waals surface area contributed by atoms with Crippen LogP contribution in [-0.4, -0.2) is 19.1 Å². The van der Waals surface area contributed by atoms with Crippen molar-refractivity contribution < 1.29 is 0 Å². The van der Waals surface area contributed by atoms with Crippen LogP contribution in [0.4, 0.5) is 5.69 Å². The Morgan fingerprint density at radius 3 is 2.50 bits per heavy atom. The van der Waals surface area contributed by atoms with Crippen molar-refractivity contribution in [2.24, 2.45) is 11.8 Å². The molecule has 112 valence electrons. The van der Waals surface area contributed by atoms with E-state index in [1.54, 1.807) is 0 Å². The minimum absolute atomic E-state index is 0.648. The van der Waals surface area contributed by atoms with Gasteiger partial charge in [0.1, 0.15) is 0 Å². The van der Waals surface area contributed by atoms with E-state index in [4.69, 9.17) is 0 Å². The van der Waals surface area contributed by atoms with Crippen molar-refractivity contribution >= 4 is 5.69 Å². The van der Waals surface area contributed by atoms with Crippen LogP contribution < -0.4 is 10.2 Å². The lowest BCUT2D eigenvalue weighted by Crippen LogP contribution is -2.45. The fraction of sp³-hybridized carbons (Fsp3) is 0.667. The van der Waals surface area contributed by atoms with Gasteiger partial charge < -0.3 is 10.2 Å². The first-order chi connectivity index (χ1) is 9.61. The Kier molecular flexibility index (Phi) is 5.47. The summed E-state index contributed by atoms with van der Waals surface area (Å²) < 4.78 is 0. The smallest absolute Gasteiger partial charge is 0.0368 e. The minimum atomic E-state index is 0.648. The van der Waals surface area contributed by atoms with Gasteiger partial charge in [0.2, 0.25) is 0 Å². The molecule has 2 rings (SSSR count). The van der Waals surface area contributed by atoms with Crippen LogP contribution in [0, 0.1) is 11.8 Å². The van der Waals surface area contributed by atoms with Crippen molar-refractivity contribution in [2.75, 3.05) is 18.0 Å². The molecule has 1 fully saturated rings. The summed E-state index contributed by atoms with van der Waals surface area (Å²) in [6, 6.07) is 9.79. The molecule has 1 aliphatic heterocycles. The first-order valence-electron chi connectivity index (χ1n) is 8.18. The molecule has 0 bridgehead atoms. The third-order valence-corrected chi connectivity index (χ3v) is 4.62. The maximum atomic E-state index is 3.46. The van der Waals surface area contributed by atoms with Gasteiger partial charge in [-0.25, -0.2) is 0 Å². The third kappa shape index (κ3) is 3.76. The largest absolute Gasteiger partial charge is 0.368 e. The van der Waals surface area contributed by atoms with Gasteiger partial charge in [-0.15, -0.1) is 0 Å². The Morgan fingerprint density at radius 1 is 1.15 bits per heavy atom. The summed E-state index contributed by atoms with van der Waals surface area (Å²) in [6.07, 6.45) is 2.55. The number of benzene rings is 1. The van der Waals surface area contributed by atoms with Gasteiger partial charge in [0.05, 0.1) is 0 Å². The van der Waals surface area contributed by atoms with E-state index in [2.05, 4.69) is 62.2 Å². The van der Waals surface area contributed by atoms with Crippen molar-refractivity contribution in [1.82, 2.24) is 5.32 Å². The topological polar surface area (TPSA) is 15.3 Å². The molecule has 1 N–H and O–H groups in total. The normalized spacial score (nSPS) is 26.8. The predicted molar refractivity (Wildman–Crippen MR) is 88.2 cm³/mol. The number of nitrogens with zero attached hydrogens (tertiary/aromatic N) is 1. The molecule has 2 nitrogen and oxygen atoms in total. The molecule has 0 spiro atoms. The van der Waals surface area contributed by atoms with E-state index in [1.165, 1.54) is 30.6 Å². The van der Waals surface area contributed by atoms with E-state index in [0.717, 1.165) is 24.9 Å². The SMILES string of the molecule is CCCNCc1ccc(N2CC(C)CC(C)C2C)cc1. The average molecular weight is 274 g/mol. The summed E-state index contributed by atoms with van der Waals surface area (Å²) in [7, 11) is 0. The molecular formula is C18H30N2. The van der Waals surface area contributed by atoms with Crippen molar-refractivity contribution in [3.05, 3.63) is 29.8 Å². The van der Waals surface area contributed by atoms with E-state index in [9.17, 15) is 0 Å². The van der Waals surface area contributed by atoms with E-state index >= 15 is 0 Å². The van der Waals surface area contributed by atoms with Crippen LogP contribution in [-0.2, 0) is 6.54 Å². The molecule has 0 aromatic heterocycles. The van der Waals surface area contributed by atoms with Gasteiger partial charge in [0.25, 0.3) is 0 Å². The molecular weight excluding hydrogens is 244 g/mol. The molecule has 3 unspecified atom stereocenters. The first kappa shape index (κ1) is 15.4. The molecule has 1 aliphatic rings. The Labute approximate surface area is 124 Å². The molecule has 0 saturated carbocycles. The highest BCUT2D eigenvalue weighted by Crippen LogP contribution is 2.31. The summed E-state index contributed by atoms with van der Waals surface area (Å²) in [6.45, 7) is 12.6. The Hall–Kier alpha value is -1.02. The van der Waals surface area contributed by atoms with Gasteiger partial charge in [-0.2, -0.15) is 0 Å². The second kappa shape index (κ2) is 7.12. The summed E-state index contributed by atoms with van der Waals surface area (Å²) >= 11 is 0. The highest BCUT2D eigenvalue weighted by atomic mass is 15.2. The van der Waals surface area contributed by atoms with Crippen LogP contribution in [0.3, 0.4) is 0 Å². The monoisotopic (exact) mass is 274 g/mol. The summed E-state index contributed by atoms with van der Waals surface area (Å²) in [5.74, 6) is 1.58. The molecule has 0 aliphatic carbocycles. The van der Waals surface area contributed by atoms with E-state index in [-0.39, 0.29) is 0 Å². The van der Waals surface area contributed by atoms with Crippen molar-refractivity contribution in [3.8, 4) is 0 Å². The second-order valence-electron chi connectivity index (χ2n) is 6.55. The molecule has 20 heavy (non-hydrogen) atoms. The molecule has 2 heteroatoms. The molecule has 1 heterocycles. The summed E-state index contributed by atoms with van der Waals surface area (Å²) in [5, 5.41) is 3.46. The Balaban J connectivity index is 2.01. The molecule has 3 atom stereocenters. The van der Waals surface area contributed by atoms with Crippen LogP contribution in [0.25, 0.3) is 0 Å². The predicted octanol–water partition coefficient (Wildman–Crippen LogP) is 4.06. The fourth-order valence-corrected chi connectivity index (χ4v) is 3.27. The molecule has 1 aromatic rings. The van der Waals surface area contributed by atoms with Crippen molar-refractivity contribution in [3.63, 3.8) is 0 Å². The molecule has 1 aromatic carbocycles. The average Bonchev–Trinajstić information content (AvgIpc) is 2.44. The van der Waals surface area contributed by atoms with Gasteiger partial charge in [-0.1, -0.05) is 32.9 Å². The summed E-state index contributed by atoms with van der Waals surface area (Å²) in [5.41, 5.74) is 2.77. The second-order valence-corrected chi connectivity index (χ2v) is 6.55. The summed E-state index contributed by atoms with van der Waals surface area (Å²) in [4.78, 5) is 2.59.